The van der Waals surface area contributed by atoms with Gasteiger partial charge in [-0.2, -0.15) is 0 Å². The Morgan fingerprint density at radius 3 is 2.33 bits per heavy atom. The SMILES string of the molecule is CCN(CC)C(=O)C(=O)Nc1ccc(F)cc1F. The number of hydrogen-bond donors (Lipinski definition) is 1. The van der Waals surface area contributed by atoms with Crippen molar-refractivity contribution in [3.63, 3.8) is 0 Å². The molecule has 0 saturated carbocycles. The second-order valence-corrected chi connectivity index (χ2v) is 3.56. The topological polar surface area (TPSA) is 49.4 Å². The summed E-state index contributed by atoms with van der Waals surface area (Å²) in [6.45, 7) is 4.23. The van der Waals surface area contributed by atoms with Crippen molar-refractivity contribution in [3.8, 4) is 0 Å². The zero-order chi connectivity index (χ0) is 13.7. The molecular weight excluding hydrogens is 242 g/mol. The minimum absolute atomic E-state index is 0.220. The van der Waals surface area contributed by atoms with Crippen LogP contribution in [-0.4, -0.2) is 29.8 Å². The van der Waals surface area contributed by atoms with Crippen molar-refractivity contribution in [1.82, 2.24) is 4.90 Å². The molecule has 0 aromatic heterocycles. The van der Waals surface area contributed by atoms with Gasteiger partial charge in [-0.05, 0) is 26.0 Å². The Kier molecular flexibility index (Phi) is 4.76. The molecular formula is C12H14F2N2O2. The van der Waals surface area contributed by atoms with Crippen LogP contribution >= 0.6 is 0 Å². The minimum atomic E-state index is -0.941. The summed E-state index contributed by atoms with van der Waals surface area (Å²) in [6, 6.07) is 2.70. The van der Waals surface area contributed by atoms with E-state index < -0.39 is 23.4 Å². The summed E-state index contributed by atoms with van der Waals surface area (Å²) in [4.78, 5) is 24.5. The third-order valence-corrected chi connectivity index (χ3v) is 2.42. The smallest absolute Gasteiger partial charge is 0.313 e. The minimum Gasteiger partial charge on any atom is -0.335 e. The van der Waals surface area contributed by atoms with E-state index in [0.29, 0.717) is 19.2 Å². The molecule has 6 heteroatoms. The molecule has 0 heterocycles. The van der Waals surface area contributed by atoms with Crippen molar-refractivity contribution < 1.29 is 18.4 Å². The molecule has 0 aliphatic rings. The molecule has 0 unspecified atom stereocenters. The number of rotatable bonds is 3. The second kappa shape index (κ2) is 6.09. The van der Waals surface area contributed by atoms with Crippen molar-refractivity contribution in [2.75, 3.05) is 18.4 Å². The Labute approximate surface area is 104 Å². The van der Waals surface area contributed by atoms with Gasteiger partial charge in [0, 0.05) is 19.2 Å². The van der Waals surface area contributed by atoms with Crippen LogP contribution in [0, 0.1) is 11.6 Å². The van der Waals surface area contributed by atoms with Crippen LogP contribution < -0.4 is 5.32 Å². The highest BCUT2D eigenvalue weighted by atomic mass is 19.1. The zero-order valence-corrected chi connectivity index (χ0v) is 10.2. The molecule has 0 fully saturated rings. The number of amides is 2. The quantitative estimate of drug-likeness (QED) is 0.838. The molecule has 1 rings (SSSR count). The van der Waals surface area contributed by atoms with E-state index in [-0.39, 0.29) is 5.69 Å². The maximum atomic E-state index is 13.3. The van der Waals surface area contributed by atoms with Gasteiger partial charge in [-0.3, -0.25) is 9.59 Å². The van der Waals surface area contributed by atoms with E-state index in [1.165, 1.54) is 4.90 Å². The molecule has 1 aromatic carbocycles. The first kappa shape index (κ1) is 14.1. The molecule has 0 saturated heterocycles. The average Bonchev–Trinajstić information content (AvgIpc) is 2.34. The lowest BCUT2D eigenvalue weighted by molar-refractivity contribution is -0.142. The number of hydrogen-bond acceptors (Lipinski definition) is 2. The molecule has 2 amide bonds. The van der Waals surface area contributed by atoms with Gasteiger partial charge in [0.15, 0.2) is 0 Å². The highest BCUT2D eigenvalue weighted by molar-refractivity contribution is 6.39. The van der Waals surface area contributed by atoms with E-state index in [9.17, 15) is 18.4 Å². The van der Waals surface area contributed by atoms with Crippen LogP contribution in [0.2, 0.25) is 0 Å². The van der Waals surface area contributed by atoms with Crippen LogP contribution in [0.15, 0.2) is 18.2 Å². The third-order valence-electron chi connectivity index (χ3n) is 2.42. The lowest BCUT2D eigenvalue weighted by atomic mass is 10.3. The van der Waals surface area contributed by atoms with Gasteiger partial charge in [-0.1, -0.05) is 0 Å². The molecule has 18 heavy (non-hydrogen) atoms. The molecule has 1 N–H and O–H groups in total. The molecule has 98 valence electrons. The fraction of sp³-hybridized carbons (Fsp3) is 0.333. The highest BCUT2D eigenvalue weighted by Gasteiger charge is 2.20. The lowest BCUT2D eigenvalue weighted by Crippen LogP contribution is -2.39. The summed E-state index contributed by atoms with van der Waals surface area (Å²) >= 11 is 0. The maximum absolute atomic E-state index is 13.3. The zero-order valence-electron chi connectivity index (χ0n) is 10.2. The number of anilines is 1. The molecule has 0 bridgehead atoms. The first-order chi connectivity index (χ1) is 8.49. The summed E-state index contributed by atoms with van der Waals surface area (Å²) < 4.78 is 25.9. The van der Waals surface area contributed by atoms with Crippen molar-refractivity contribution in [2.45, 2.75) is 13.8 Å². The number of nitrogens with zero attached hydrogens (tertiary/aromatic N) is 1. The molecule has 0 spiro atoms. The fourth-order valence-corrected chi connectivity index (χ4v) is 1.42. The van der Waals surface area contributed by atoms with Crippen LogP contribution in [0.4, 0.5) is 14.5 Å². The first-order valence-electron chi connectivity index (χ1n) is 5.54. The number of benzene rings is 1. The van der Waals surface area contributed by atoms with Gasteiger partial charge in [0.1, 0.15) is 11.6 Å². The largest absolute Gasteiger partial charge is 0.335 e. The first-order valence-corrected chi connectivity index (χ1v) is 5.54. The van der Waals surface area contributed by atoms with E-state index in [4.69, 9.17) is 0 Å². The Morgan fingerprint density at radius 1 is 1.22 bits per heavy atom. The van der Waals surface area contributed by atoms with Crippen LogP contribution in [0.3, 0.4) is 0 Å². The van der Waals surface area contributed by atoms with Crippen LogP contribution in [0.5, 0.6) is 0 Å². The number of nitrogens with one attached hydrogen (secondary N) is 1. The number of halogens is 2. The summed E-state index contributed by atoms with van der Waals surface area (Å²) in [7, 11) is 0. The summed E-state index contributed by atoms with van der Waals surface area (Å²) in [5, 5.41) is 2.11. The molecule has 0 radical (unpaired) electrons. The number of likely N-dealkylation sites (N-methyl/N-ethyl adjacent to an activating group) is 1. The predicted octanol–water partition coefficient (Wildman–Crippen LogP) is 1.77. The van der Waals surface area contributed by atoms with Gasteiger partial charge in [0.2, 0.25) is 0 Å². The fourth-order valence-electron chi connectivity index (χ4n) is 1.42. The predicted molar refractivity (Wildman–Crippen MR) is 62.9 cm³/mol. The molecule has 0 aliphatic heterocycles. The van der Waals surface area contributed by atoms with Gasteiger partial charge < -0.3 is 10.2 Å². The van der Waals surface area contributed by atoms with Gasteiger partial charge >= 0.3 is 11.8 Å². The van der Waals surface area contributed by atoms with E-state index >= 15 is 0 Å². The summed E-state index contributed by atoms with van der Waals surface area (Å²) in [6.07, 6.45) is 0. The standard InChI is InChI=1S/C12H14F2N2O2/c1-3-16(4-2)12(18)11(17)15-10-6-5-8(13)7-9(10)14/h5-7H,3-4H2,1-2H3,(H,15,17). The maximum Gasteiger partial charge on any atom is 0.313 e. The average molecular weight is 256 g/mol. The van der Waals surface area contributed by atoms with Crippen molar-refractivity contribution in [1.29, 1.82) is 0 Å². The molecule has 0 aliphatic carbocycles. The third kappa shape index (κ3) is 3.26. The Bertz CT molecular complexity index is 459. The molecule has 1 aromatic rings. The second-order valence-electron chi connectivity index (χ2n) is 3.56. The van der Waals surface area contributed by atoms with E-state index in [2.05, 4.69) is 5.32 Å². The van der Waals surface area contributed by atoms with Gasteiger partial charge in [0.25, 0.3) is 0 Å². The summed E-state index contributed by atoms with van der Waals surface area (Å²) in [5.74, 6) is -3.36. The van der Waals surface area contributed by atoms with E-state index in [1.807, 2.05) is 0 Å². The van der Waals surface area contributed by atoms with Crippen molar-refractivity contribution in [2.24, 2.45) is 0 Å². The Hall–Kier alpha value is -1.98. The lowest BCUT2D eigenvalue weighted by Gasteiger charge is -2.17. The van der Waals surface area contributed by atoms with Crippen LogP contribution in [0.1, 0.15) is 13.8 Å². The summed E-state index contributed by atoms with van der Waals surface area (Å²) in [5.41, 5.74) is -0.220. The molecule has 0 atom stereocenters. The van der Waals surface area contributed by atoms with Gasteiger partial charge in [-0.25, -0.2) is 8.78 Å². The van der Waals surface area contributed by atoms with Crippen LogP contribution in [-0.2, 0) is 9.59 Å². The van der Waals surface area contributed by atoms with E-state index in [1.54, 1.807) is 13.8 Å². The number of carbonyl (C=O) groups is 2. The van der Waals surface area contributed by atoms with Crippen molar-refractivity contribution >= 4 is 17.5 Å². The Morgan fingerprint density at radius 2 is 1.83 bits per heavy atom. The van der Waals surface area contributed by atoms with E-state index in [0.717, 1.165) is 12.1 Å². The van der Waals surface area contributed by atoms with Crippen LogP contribution in [0.25, 0.3) is 0 Å². The Balaban J connectivity index is 2.78. The normalized spacial score (nSPS) is 10.0. The number of carbonyl (C=O) groups excluding carboxylic acids is 2. The van der Waals surface area contributed by atoms with Gasteiger partial charge in [0.05, 0.1) is 5.69 Å². The van der Waals surface area contributed by atoms with Crippen molar-refractivity contribution in [3.05, 3.63) is 29.8 Å². The van der Waals surface area contributed by atoms with Gasteiger partial charge in [-0.15, -0.1) is 0 Å². The monoisotopic (exact) mass is 256 g/mol. The highest BCUT2D eigenvalue weighted by Crippen LogP contribution is 2.14. The molecule has 4 nitrogen and oxygen atoms in total.